The van der Waals surface area contributed by atoms with Gasteiger partial charge in [-0.25, -0.2) is 0 Å². The van der Waals surface area contributed by atoms with Crippen molar-refractivity contribution >= 4 is 18.0 Å². The Kier molecular flexibility index (Phi) is 6.64. The molecule has 3 aliphatic carbocycles. The minimum atomic E-state index is -1.23. The van der Waals surface area contributed by atoms with Gasteiger partial charge in [0.05, 0.1) is 26.0 Å². The van der Waals surface area contributed by atoms with Crippen molar-refractivity contribution in [2.75, 3.05) is 26.4 Å². The molecule has 1 aromatic carbocycles. The Hall–Kier alpha value is -2.54. The van der Waals surface area contributed by atoms with Crippen LogP contribution in [0, 0.1) is 17.3 Å². The van der Waals surface area contributed by atoms with Crippen LogP contribution in [0.25, 0.3) is 6.08 Å². The lowest BCUT2D eigenvalue weighted by Gasteiger charge is -2.48. The van der Waals surface area contributed by atoms with Crippen LogP contribution in [-0.2, 0) is 39.9 Å². The third-order valence-electron chi connectivity index (χ3n) is 9.19. The van der Waals surface area contributed by atoms with E-state index < -0.39 is 47.6 Å². The molecule has 0 radical (unpaired) electrons. The normalized spacial score (nSPS) is 36.0. The summed E-state index contributed by atoms with van der Waals surface area (Å²) in [5.74, 6) is -0.902. The number of aliphatic hydroxyl groups excluding tert-OH is 2. The summed E-state index contributed by atoms with van der Waals surface area (Å²) in [4.78, 5) is 34.0. The molecule has 3 N–H and O–H groups in total. The largest absolute Gasteiger partial charge is 0.499 e. The molecule has 3 saturated heterocycles. The number of carbonyl (C=O) groups excluding carboxylic acids is 2. The van der Waals surface area contributed by atoms with Crippen LogP contribution in [0.4, 0.5) is 0 Å². The number of nitrogens with one attached hydrogen (secondary N) is 1. The van der Waals surface area contributed by atoms with Gasteiger partial charge in [0, 0.05) is 24.8 Å². The Morgan fingerprint density at radius 2 is 1.80 bits per heavy atom. The van der Waals surface area contributed by atoms with Crippen molar-refractivity contribution in [3.63, 3.8) is 0 Å². The number of hydrogen-bond acceptors (Lipinski definition) is 10. The molecule has 1 aromatic rings. The van der Waals surface area contributed by atoms with Crippen LogP contribution in [0.5, 0.6) is 0 Å². The molecule has 1 amide bonds. The first-order valence-electron chi connectivity index (χ1n) is 14.4. The molecule has 7 rings (SSSR count). The fourth-order valence-corrected chi connectivity index (χ4v) is 7.16. The lowest BCUT2D eigenvalue weighted by atomic mass is 9.62. The van der Waals surface area contributed by atoms with E-state index in [9.17, 15) is 14.7 Å². The van der Waals surface area contributed by atoms with Gasteiger partial charge in [0.15, 0.2) is 11.8 Å². The fraction of sp³-hybridized carbons (Fsp3) is 0.655. The second-order valence-corrected chi connectivity index (χ2v) is 11.8. The minimum absolute atomic E-state index is 0.0507. The molecule has 2 bridgehead atoms. The first-order chi connectivity index (χ1) is 19.5. The zero-order chi connectivity index (χ0) is 27.5. The summed E-state index contributed by atoms with van der Waals surface area (Å²) >= 11 is 0. The Bertz CT molecular complexity index is 1150. The summed E-state index contributed by atoms with van der Waals surface area (Å²) in [5.41, 5.74) is 0.571. The van der Waals surface area contributed by atoms with Crippen molar-refractivity contribution in [2.45, 2.75) is 74.9 Å². The van der Waals surface area contributed by atoms with Crippen LogP contribution >= 0.6 is 0 Å². The van der Waals surface area contributed by atoms with E-state index in [1.54, 1.807) is 11.1 Å². The van der Waals surface area contributed by atoms with E-state index in [-0.39, 0.29) is 45.2 Å². The Morgan fingerprint density at radius 1 is 1.07 bits per heavy atom. The molecule has 3 aliphatic heterocycles. The van der Waals surface area contributed by atoms with E-state index in [1.165, 1.54) is 6.26 Å². The molecule has 0 spiro atoms. The zero-order valence-electron chi connectivity index (χ0n) is 22.3. The van der Waals surface area contributed by atoms with E-state index in [4.69, 9.17) is 28.9 Å². The standard InChI is InChI=1S/C29H36N2O9/c32-11-10-30-27(35)28-15-21-22-23(39-29(38-22,19-5-6-19)20-7-8-20)25(28)40-31(24(28)26(34)37-21)16-18-3-1-17(2-4-18)9-13-36-14-12-33/h1-4,9,13,19-25,32-33H,5-8,10-12,14-16H2,(H,30,35)/t21-,22+,23+,24+,25-,28+/m1/s1. The van der Waals surface area contributed by atoms with Crippen molar-refractivity contribution in [3.8, 4) is 0 Å². The van der Waals surface area contributed by atoms with E-state index in [0.717, 1.165) is 36.8 Å². The van der Waals surface area contributed by atoms with Crippen LogP contribution in [0.3, 0.4) is 0 Å². The number of amides is 1. The molecule has 0 unspecified atom stereocenters. The van der Waals surface area contributed by atoms with E-state index >= 15 is 0 Å². The van der Waals surface area contributed by atoms with Gasteiger partial charge in [-0.15, -0.1) is 0 Å². The SMILES string of the molecule is O=C1O[C@@H]2C[C@@]3(C(=O)NCCO)[C@H](ON(Cc4ccc(C=COCCO)cc4)[C@@H]13)[C@H]1OC(C3CC3)(C3CC3)O[C@H]12. The number of fused-ring (bicyclic) bond motifs is 4. The maximum Gasteiger partial charge on any atom is 0.327 e. The molecular weight excluding hydrogens is 520 g/mol. The van der Waals surface area contributed by atoms with Gasteiger partial charge in [0.25, 0.3) is 0 Å². The second kappa shape index (κ2) is 10.1. The highest BCUT2D eigenvalue weighted by atomic mass is 16.8. The number of carbonyl (C=O) groups is 2. The highest BCUT2D eigenvalue weighted by Crippen LogP contribution is 2.63. The Morgan fingerprint density at radius 3 is 2.48 bits per heavy atom. The first kappa shape index (κ1) is 26.4. The molecule has 3 heterocycles. The number of ether oxygens (including phenoxy) is 4. The number of benzene rings is 1. The maximum absolute atomic E-state index is 13.9. The van der Waals surface area contributed by atoms with Crippen LogP contribution in [0.1, 0.15) is 43.2 Å². The summed E-state index contributed by atoms with van der Waals surface area (Å²) in [6.45, 7) is 0.309. The van der Waals surface area contributed by atoms with Crippen LogP contribution in [0.15, 0.2) is 30.5 Å². The highest BCUT2D eigenvalue weighted by molar-refractivity contribution is 5.93. The van der Waals surface area contributed by atoms with Crippen molar-refractivity contribution in [2.24, 2.45) is 17.3 Å². The number of hydroxylamine groups is 2. The van der Waals surface area contributed by atoms with E-state index in [0.29, 0.717) is 11.8 Å². The van der Waals surface area contributed by atoms with Gasteiger partial charge in [-0.2, -0.15) is 5.06 Å². The molecule has 11 nitrogen and oxygen atoms in total. The molecule has 6 fully saturated rings. The van der Waals surface area contributed by atoms with Crippen molar-refractivity contribution in [1.29, 1.82) is 0 Å². The smallest absolute Gasteiger partial charge is 0.327 e. The average molecular weight is 557 g/mol. The molecule has 6 atom stereocenters. The fourth-order valence-electron chi connectivity index (χ4n) is 7.16. The minimum Gasteiger partial charge on any atom is -0.499 e. The average Bonchev–Trinajstić information content (AvgIpc) is 3.90. The Balaban J connectivity index is 1.18. The first-order valence-corrected chi connectivity index (χ1v) is 14.4. The van der Waals surface area contributed by atoms with Crippen LogP contribution < -0.4 is 5.32 Å². The predicted octanol–water partition coefficient (Wildman–Crippen LogP) is 0.875. The lowest BCUT2D eigenvalue weighted by molar-refractivity contribution is -0.235. The molecule has 40 heavy (non-hydrogen) atoms. The van der Waals surface area contributed by atoms with Crippen LogP contribution in [-0.4, -0.2) is 89.8 Å². The van der Waals surface area contributed by atoms with Gasteiger partial charge in [0.1, 0.15) is 36.4 Å². The second-order valence-electron chi connectivity index (χ2n) is 11.8. The third-order valence-corrected chi connectivity index (χ3v) is 9.19. The van der Waals surface area contributed by atoms with Gasteiger partial charge in [0.2, 0.25) is 5.91 Å². The zero-order valence-corrected chi connectivity index (χ0v) is 22.3. The Labute approximate surface area is 232 Å². The number of hydrogen-bond donors (Lipinski definition) is 3. The van der Waals surface area contributed by atoms with Gasteiger partial charge in [-0.3, -0.25) is 14.4 Å². The van der Waals surface area contributed by atoms with Crippen molar-refractivity contribution in [3.05, 3.63) is 41.7 Å². The van der Waals surface area contributed by atoms with Crippen molar-refractivity contribution < 1.29 is 43.6 Å². The number of nitrogens with zero attached hydrogens (tertiary/aromatic N) is 1. The van der Waals surface area contributed by atoms with Crippen LogP contribution in [0.2, 0.25) is 0 Å². The van der Waals surface area contributed by atoms with Crippen molar-refractivity contribution in [1.82, 2.24) is 10.4 Å². The molecule has 216 valence electrons. The predicted molar refractivity (Wildman–Crippen MR) is 138 cm³/mol. The van der Waals surface area contributed by atoms with Gasteiger partial charge < -0.3 is 34.5 Å². The van der Waals surface area contributed by atoms with E-state index in [2.05, 4.69) is 5.32 Å². The molecular formula is C29H36N2O9. The summed E-state index contributed by atoms with van der Waals surface area (Å²) in [6.07, 6.45) is 5.40. The number of esters is 1. The molecule has 3 saturated carbocycles. The molecule has 6 aliphatic rings. The quantitative estimate of drug-likeness (QED) is 0.205. The molecule has 0 aromatic heterocycles. The summed E-state index contributed by atoms with van der Waals surface area (Å²) in [6, 6.07) is 6.73. The topological polar surface area (TPSA) is 136 Å². The summed E-state index contributed by atoms with van der Waals surface area (Å²) in [7, 11) is 0. The van der Waals surface area contributed by atoms with E-state index in [1.807, 2.05) is 24.3 Å². The van der Waals surface area contributed by atoms with Gasteiger partial charge in [-0.1, -0.05) is 24.3 Å². The summed E-state index contributed by atoms with van der Waals surface area (Å²) in [5, 5.41) is 22.7. The summed E-state index contributed by atoms with van der Waals surface area (Å²) < 4.78 is 24.7. The van der Waals surface area contributed by atoms with Gasteiger partial charge >= 0.3 is 5.97 Å². The lowest BCUT2D eigenvalue weighted by Crippen LogP contribution is -2.69. The number of aliphatic hydroxyl groups is 2. The monoisotopic (exact) mass is 556 g/mol. The van der Waals surface area contributed by atoms with Gasteiger partial charge in [-0.05, 0) is 42.9 Å². The highest BCUT2D eigenvalue weighted by Gasteiger charge is 2.78. The molecule has 11 heteroatoms. The maximum atomic E-state index is 13.9. The number of rotatable bonds is 11. The third kappa shape index (κ3) is 4.17.